The number of likely N-dealkylation sites (N-methyl/N-ethyl adjacent to an activating group) is 2. The molecule has 0 radical (unpaired) electrons. The largest absolute Gasteiger partial charge is 0.463 e. The molecule has 0 aromatic heterocycles. The normalized spacial score (nSPS) is 11.3. The molecular weight excluding hydrogens is 356 g/mol. The van der Waals surface area contributed by atoms with Gasteiger partial charge < -0.3 is 19.3 Å². The van der Waals surface area contributed by atoms with Crippen LogP contribution in [-0.4, -0.2) is 76.2 Å². The van der Waals surface area contributed by atoms with Gasteiger partial charge in [0, 0.05) is 13.1 Å². The molecular formula is C22H42N2O4. The van der Waals surface area contributed by atoms with E-state index in [1.54, 1.807) is 0 Å². The summed E-state index contributed by atoms with van der Waals surface area (Å²) in [6.45, 7) is 7.93. The third-order valence-corrected chi connectivity index (χ3v) is 4.55. The second kappa shape index (κ2) is 16.5. The van der Waals surface area contributed by atoms with E-state index in [9.17, 15) is 9.59 Å². The maximum Gasteiger partial charge on any atom is 0.324 e. The highest BCUT2D eigenvalue weighted by molar-refractivity contribution is 5.98. The zero-order chi connectivity index (χ0) is 21.4. The average Bonchev–Trinajstić information content (AvgIpc) is 2.60. The lowest BCUT2D eigenvalue weighted by Gasteiger charge is -2.19. The van der Waals surface area contributed by atoms with Gasteiger partial charge in [0.1, 0.15) is 13.2 Å². The van der Waals surface area contributed by atoms with Crippen LogP contribution in [0.15, 0.2) is 12.2 Å². The molecule has 0 bridgehead atoms. The van der Waals surface area contributed by atoms with E-state index in [2.05, 4.69) is 13.5 Å². The summed E-state index contributed by atoms with van der Waals surface area (Å²) in [6.07, 6.45) is 8.87. The Morgan fingerprint density at radius 3 is 1.64 bits per heavy atom. The fraction of sp³-hybridized carbons (Fsp3) is 0.818. The lowest BCUT2D eigenvalue weighted by atomic mass is 9.95. The zero-order valence-electron chi connectivity index (χ0n) is 18.8. The van der Waals surface area contributed by atoms with Crippen LogP contribution in [0.1, 0.15) is 58.3 Å². The first-order chi connectivity index (χ1) is 13.3. The number of esters is 2. The maximum atomic E-state index is 12.5. The molecule has 0 aliphatic rings. The summed E-state index contributed by atoms with van der Waals surface area (Å²) in [4.78, 5) is 28.8. The zero-order valence-corrected chi connectivity index (χ0v) is 18.8. The van der Waals surface area contributed by atoms with Gasteiger partial charge in [-0.1, -0.05) is 57.6 Å². The van der Waals surface area contributed by atoms with Gasteiger partial charge in [-0.05, 0) is 41.0 Å². The number of nitrogens with zero attached hydrogens (tertiary/aromatic N) is 2. The molecule has 0 amide bonds. The highest BCUT2D eigenvalue weighted by Gasteiger charge is 2.32. The van der Waals surface area contributed by atoms with E-state index in [4.69, 9.17) is 9.47 Å². The molecule has 0 unspecified atom stereocenters. The van der Waals surface area contributed by atoms with Crippen molar-refractivity contribution in [3.8, 4) is 0 Å². The van der Waals surface area contributed by atoms with Crippen LogP contribution in [0.4, 0.5) is 0 Å². The predicted molar refractivity (Wildman–Crippen MR) is 114 cm³/mol. The molecule has 0 aromatic carbocycles. The summed E-state index contributed by atoms with van der Waals surface area (Å²) in [5.41, 5.74) is 0.596. The molecule has 0 saturated carbocycles. The summed E-state index contributed by atoms with van der Waals surface area (Å²) < 4.78 is 10.6. The molecule has 164 valence electrons. The Morgan fingerprint density at radius 2 is 1.21 bits per heavy atom. The van der Waals surface area contributed by atoms with E-state index < -0.39 is 17.9 Å². The number of hydrogen-bond acceptors (Lipinski definition) is 6. The number of carbonyl (C=O) groups is 2. The van der Waals surface area contributed by atoms with Gasteiger partial charge in [0.15, 0.2) is 5.92 Å². The second-order valence-corrected chi connectivity index (χ2v) is 7.90. The number of carbonyl (C=O) groups excluding carboxylic acids is 2. The number of ether oxygens (including phenoxy) is 2. The van der Waals surface area contributed by atoms with E-state index >= 15 is 0 Å². The van der Waals surface area contributed by atoms with Crippen LogP contribution in [0.5, 0.6) is 0 Å². The molecule has 28 heavy (non-hydrogen) atoms. The molecule has 0 N–H and O–H groups in total. The van der Waals surface area contributed by atoms with Gasteiger partial charge in [-0.25, -0.2) is 0 Å². The number of hydrogen-bond donors (Lipinski definition) is 0. The molecule has 0 aliphatic carbocycles. The van der Waals surface area contributed by atoms with Crippen LogP contribution in [-0.2, 0) is 19.1 Å². The Balaban J connectivity index is 4.56. The molecule has 6 nitrogen and oxygen atoms in total. The van der Waals surface area contributed by atoms with E-state index in [0.29, 0.717) is 25.1 Å². The topological polar surface area (TPSA) is 59.1 Å². The van der Waals surface area contributed by atoms with Crippen molar-refractivity contribution >= 4 is 11.9 Å². The van der Waals surface area contributed by atoms with Crippen LogP contribution >= 0.6 is 0 Å². The lowest BCUT2D eigenvalue weighted by Crippen LogP contribution is -2.32. The monoisotopic (exact) mass is 398 g/mol. The molecule has 0 heterocycles. The lowest BCUT2D eigenvalue weighted by molar-refractivity contribution is -0.160. The van der Waals surface area contributed by atoms with E-state index in [-0.39, 0.29) is 13.2 Å². The molecule has 0 saturated heterocycles. The van der Waals surface area contributed by atoms with Crippen molar-refractivity contribution in [3.63, 3.8) is 0 Å². The number of unbranched alkanes of at least 4 members (excludes halogenated alkanes) is 6. The smallest absolute Gasteiger partial charge is 0.324 e. The average molecular weight is 399 g/mol. The van der Waals surface area contributed by atoms with Gasteiger partial charge >= 0.3 is 11.9 Å². The first kappa shape index (κ1) is 26.6. The Bertz CT molecular complexity index is 424. The van der Waals surface area contributed by atoms with Crippen molar-refractivity contribution < 1.29 is 19.1 Å². The molecule has 0 rings (SSSR count). The fourth-order valence-corrected chi connectivity index (χ4v) is 2.71. The van der Waals surface area contributed by atoms with Crippen molar-refractivity contribution in [1.82, 2.24) is 9.80 Å². The third-order valence-electron chi connectivity index (χ3n) is 4.55. The van der Waals surface area contributed by atoms with Gasteiger partial charge in [0.2, 0.25) is 0 Å². The van der Waals surface area contributed by atoms with Crippen molar-refractivity contribution in [2.75, 3.05) is 54.5 Å². The molecule has 0 fully saturated rings. The van der Waals surface area contributed by atoms with Gasteiger partial charge in [0.25, 0.3) is 0 Å². The Kier molecular flexibility index (Phi) is 15.7. The SMILES string of the molecule is C=C(CCCCCCCCC)C(C(=O)OCCN(C)C)C(=O)OCCN(C)C. The van der Waals surface area contributed by atoms with E-state index in [1.807, 2.05) is 38.0 Å². The van der Waals surface area contributed by atoms with E-state index in [0.717, 1.165) is 12.8 Å². The second-order valence-electron chi connectivity index (χ2n) is 7.90. The molecule has 0 aromatic rings. The first-order valence-corrected chi connectivity index (χ1v) is 10.6. The maximum absolute atomic E-state index is 12.5. The highest BCUT2D eigenvalue weighted by atomic mass is 16.6. The van der Waals surface area contributed by atoms with Gasteiger partial charge in [-0.3, -0.25) is 9.59 Å². The van der Waals surface area contributed by atoms with Crippen LogP contribution < -0.4 is 0 Å². The summed E-state index contributed by atoms with van der Waals surface area (Å²) >= 11 is 0. The van der Waals surface area contributed by atoms with Crippen LogP contribution in [0.2, 0.25) is 0 Å². The Morgan fingerprint density at radius 1 is 0.786 bits per heavy atom. The minimum atomic E-state index is -1.02. The van der Waals surface area contributed by atoms with Crippen molar-refractivity contribution in [2.24, 2.45) is 5.92 Å². The summed E-state index contributed by atoms with van der Waals surface area (Å²) in [5, 5.41) is 0. The van der Waals surface area contributed by atoms with Crippen LogP contribution in [0.3, 0.4) is 0 Å². The molecule has 0 aliphatic heterocycles. The standard InChI is InChI=1S/C22H42N2O4/c1-7-8-9-10-11-12-13-14-19(2)20(21(25)27-17-15-23(3)4)22(26)28-18-16-24(5)6/h20H,2,7-18H2,1,3-6H3. The predicted octanol–water partition coefficient (Wildman–Crippen LogP) is 3.51. The van der Waals surface area contributed by atoms with E-state index in [1.165, 1.54) is 32.1 Å². The first-order valence-electron chi connectivity index (χ1n) is 10.6. The van der Waals surface area contributed by atoms with Gasteiger partial charge in [-0.2, -0.15) is 0 Å². The van der Waals surface area contributed by atoms with Gasteiger partial charge in [-0.15, -0.1) is 0 Å². The number of rotatable bonds is 17. The summed E-state index contributed by atoms with van der Waals surface area (Å²) in [5.74, 6) is -2.13. The highest BCUT2D eigenvalue weighted by Crippen LogP contribution is 2.21. The van der Waals surface area contributed by atoms with Crippen molar-refractivity contribution in [3.05, 3.63) is 12.2 Å². The molecule has 6 heteroatoms. The summed E-state index contributed by atoms with van der Waals surface area (Å²) in [7, 11) is 7.61. The molecule has 0 atom stereocenters. The van der Waals surface area contributed by atoms with Gasteiger partial charge in [0.05, 0.1) is 0 Å². The summed E-state index contributed by atoms with van der Waals surface area (Å²) in [6, 6.07) is 0. The van der Waals surface area contributed by atoms with Crippen molar-refractivity contribution in [2.45, 2.75) is 58.3 Å². The fourth-order valence-electron chi connectivity index (χ4n) is 2.71. The van der Waals surface area contributed by atoms with Crippen LogP contribution in [0, 0.1) is 5.92 Å². The third kappa shape index (κ3) is 13.7. The van der Waals surface area contributed by atoms with Crippen molar-refractivity contribution in [1.29, 1.82) is 0 Å². The molecule has 0 spiro atoms. The minimum absolute atomic E-state index is 0.248. The Labute approximate surface area is 172 Å². The Hall–Kier alpha value is -1.40. The minimum Gasteiger partial charge on any atom is -0.463 e. The quantitative estimate of drug-likeness (QED) is 0.162. The van der Waals surface area contributed by atoms with Crippen LogP contribution in [0.25, 0.3) is 0 Å².